The van der Waals surface area contributed by atoms with Crippen LogP contribution in [-0.2, 0) is 4.74 Å². The summed E-state index contributed by atoms with van der Waals surface area (Å²) in [5.41, 5.74) is 0.761. The zero-order valence-electron chi connectivity index (χ0n) is 13.4. The lowest BCUT2D eigenvalue weighted by Gasteiger charge is -2.17. The fraction of sp³-hybridized carbons (Fsp3) is 0.333. The van der Waals surface area contributed by atoms with Gasteiger partial charge in [-0.05, 0) is 25.8 Å². The average Bonchev–Trinajstić information content (AvgIpc) is 2.96. The van der Waals surface area contributed by atoms with Crippen LogP contribution < -0.4 is 0 Å². The highest BCUT2D eigenvalue weighted by atomic mass is 19.1. The highest BCUT2D eigenvalue weighted by Gasteiger charge is 2.25. The molecule has 1 unspecified atom stereocenters. The van der Waals surface area contributed by atoms with Gasteiger partial charge in [0.1, 0.15) is 0 Å². The molecule has 1 aromatic carbocycles. The Morgan fingerprint density at radius 2 is 2.09 bits per heavy atom. The summed E-state index contributed by atoms with van der Waals surface area (Å²) in [6.07, 6.45) is 1.30. The number of esters is 1. The van der Waals surface area contributed by atoms with E-state index >= 15 is 0 Å². The molecule has 0 aliphatic rings. The Hall–Kier alpha value is -2.61. The van der Waals surface area contributed by atoms with Crippen molar-refractivity contribution in [2.75, 3.05) is 0 Å². The second kappa shape index (κ2) is 7.59. The number of hydrogen-bond donors (Lipinski definition) is 0. The van der Waals surface area contributed by atoms with E-state index in [4.69, 9.17) is 4.74 Å². The van der Waals surface area contributed by atoms with Crippen LogP contribution >= 0.6 is 0 Å². The van der Waals surface area contributed by atoms with Gasteiger partial charge in [-0.25, -0.2) is 9.78 Å². The van der Waals surface area contributed by atoms with Crippen LogP contribution in [0.1, 0.15) is 49.3 Å². The summed E-state index contributed by atoms with van der Waals surface area (Å²) in [5.74, 6) is 3.90. The molecule has 1 aromatic heterocycles. The molecule has 23 heavy (non-hydrogen) atoms. The van der Waals surface area contributed by atoms with Gasteiger partial charge in [0, 0.05) is 0 Å². The molecule has 2 atom stereocenters. The number of rotatable bonds is 5. The standard InChI is InChI=1S/C18H19FN2O2/c1-4-9-15(5-2)23-18(22)16-17(19)20-12-21(16)13(3)14-10-7-6-8-11-14/h6-8,10-13,15H,5H2,1-3H3/t13-,15?/m1/s1. The third kappa shape index (κ3) is 3.78. The van der Waals surface area contributed by atoms with Gasteiger partial charge >= 0.3 is 5.97 Å². The minimum Gasteiger partial charge on any atom is -0.444 e. The van der Waals surface area contributed by atoms with Crippen molar-refractivity contribution in [3.63, 3.8) is 0 Å². The van der Waals surface area contributed by atoms with Crippen molar-refractivity contribution in [1.82, 2.24) is 9.55 Å². The Morgan fingerprint density at radius 1 is 1.39 bits per heavy atom. The maximum absolute atomic E-state index is 14.0. The van der Waals surface area contributed by atoms with E-state index in [1.54, 1.807) is 6.92 Å². The molecule has 2 rings (SSSR count). The van der Waals surface area contributed by atoms with Crippen molar-refractivity contribution in [1.29, 1.82) is 0 Å². The molecule has 120 valence electrons. The fourth-order valence-electron chi connectivity index (χ4n) is 2.27. The topological polar surface area (TPSA) is 44.1 Å². The van der Waals surface area contributed by atoms with Gasteiger partial charge in [0.15, 0.2) is 11.8 Å². The first-order valence-electron chi connectivity index (χ1n) is 7.49. The molecular weight excluding hydrogens is 295 g/mol. The maximum atomic E-state index is 14.0. The monoisotopic (exact) mass is 314 g/mol. The van der Waals surface area contributed by atoms with Gasteiger partial charge in [-0.3, -0.25) is 0 Å². The molecule has 0 fully saturated rings. The van der Waals surface area contributed by atoms with E-state index in [2.05, 4.69) is 16.8 Å². The Labute approximate surface area is 135 Å². The van der Waals surface area contributed by atoms with Gasteiger partial charge in [-0.15, -0.1) is 5.92 Å². The molecular formula is C18H19FN2O2. The van der Waals surface area contributed by atoms with Crippen molar-refractivity contribution >= 4 is 5.97 Å². The lowest BCUT2D eigenvalue weighted by atomic mass is 10.1. The summed E-state index contributed by atoms with van der Waals surface area (Å²) >= 11 is 0. The van der Waals surface area contributed by atoms with Gasteiger partial charge in [0.25, 0.3) is 0 Å². The summed E-state index contributed by atoms with van der Waals surface area (Å²) in [5, 5.41) is 0. The van der Waals surface area contributed by atoms with Gasteiger partial charge in [-0.2, -0.15) is 4.39 Å². The maximum Gasteiger partial charge on any atom is 0.361 e. The first-order chi connectivity index (χ1) is 11.1. The zero-order valence-corrected chi connectivity index (χ0v) is 13.4. The summed E-state index contributed by atoms with van der Waals surface area (Å²) in [4.78, 5) is 16.0. The molecule has 0 N–H and O–H groups in total. The van der Waals surface area contributed by atoms with Crippen molar-refractivity contribution in [3.05, 3.63) is 53.9 Å². The quantitative estimate of drug-likeness (QED) is 0.626. The number of hydrogen-bond acceptors (Lipinski definition) is 3. The van der Waals surface area contributed by atoms with E-state index in [9.17, 15) is 9.18 Å². The lowest BCUT2D eigenvalue weighted by Crippen LogP contribution is -2.21. The zero-order chi connectivity index (χ0) is 16.8. The third-order valence-corrected chi connectivity index (χ3v) is 3.57. The van der Waals surface area contributed by atoms with Crippen molar-refractivity contribution < 1.29 is 13.9 Å². The van der Waals surface area contributed by atoms with Gasteiger partial charge in [0.2, 0.25) is 5.95 Å². The SMILES string of the molecule is CC#CC(CC)OC(=O)c1c(F)ncn1[C@H](C)c1ccccc1. The van der Waals surface area contributed by atoms with Crippen molar-refractivity contribution in [2.24, 2.45) is 0 Å². The molecule has 4 nitrogen and oxygen atoms in total. The third-order valence-electron chi connectivity index (χ3n) is 3.57. The molecule has 0 bridgehead atoms. The van der Waals surface area contributed by atoms with E-state index in [0.29, 0.717) is 6.42 Å². The number of carbonyl (C=O) groups is 1. The largest absolute Gasteiger partial charge is 0.444 e. The van der Waals surface area contributed by atoms with Crippen LogP contribution in [0.25, 0.3) is 0 Å². The van der Waals surface area contributed by atoms with E-state index in [1.807, 2.05) is 44.2 Å². The van der Waals surface area contributed by atoms with Crippen molar-refractivity contribution in [3.8, 4) is 11.8 Å². The summed E-state index contributed by atoms with van der Waals surface area (Å²) < 4.78 is 20.8. The molecule has 0 saturated carbocycles. The normalized spacial score (nSPS) is 12.9. The fourth-order valence-corrected chi connectivity index (χ4v) is 2.27. The number of ether oxygens (including phenoxy) is 1. The molecule has 0 aliphatic heterocycles. The first kappa shape index (κ1) is 16.8. The molecule has 2 aromatic rings. The first-order valence-corrected chi connectivity index (χ1v) is 7.49. The Balaban J connectivity index is 2.31. The number of aromatic nitrogens is 2. The summed E-state index contributed by atoms with van der Waals surface area (Å²) in [6.45, 7) is 5.39. The Kier molecular flexibility index (Phi) is 5.53. The van der Waals surface area contributed by atoms with Crippen LogP contribution in [0.3, 0.4) is 0 Å². The van der Waals surface area contributed by atoms with Crippen LogP contribution in [0.15, 0.2) is 36.7 Å². The minimum absolute atomic E-state index is 0.183. The molecule has 0 amide bonds. The highest BCUT2D eigenvalue weighted by Crippen LogP contribution is 2.22. The second-order valence-corrected chi connectivity index (χ2v) is 5.07. The van der Waals surface area contributed by atoms with Crippen LogP contribution in [-0.4, -0.2) is 21.6 Å². The van der Waals surface area contributed by atoms with Crippen LogP contribution in [0.5, 0.6) is 0 Å². The predicted molar refractivity (Wildman–Crippen MR) is 85.4 cm³/mol. The second-order valence-electron chi connectivity index (χ2n) is 5.07. The Bertz CT molecular complexity index is 728. The van der Waals surface area contributed by atoms with Gasteiger partial charge in [0.05, 0.1) is 12.4 Å². The van der Waals surface area contributed by atoms with Crippen LogP contribution in [0.2, 0.25) is 0 Å². The molecule has 0 radical (unpaired) electrons. The number of halogens is 1. The Morgan fingerprint density at radius 3 is 2.70 bits per heavy atom. The highest BCUT2D eigenvalue weighted by molar-refractivity contribution is 5.88. The number of carbonyl (C=O) groups excluding carboxylic acids is 1. The number of imidazole rings is 1. The molecule has 0 aliphatic carbocycles. The number of benzene rings is 1. The van der Waals surface area contributed by atoms with E-state index < -0.39 is 18.0 Å². The number of nitrogens with zero attached hydrogens (tertiary/aromatic N) is 2. The summed E-state index contributed by atoms with van der Waals surface area (Å²) in [6, 6.07) is 9.26. The van der Waals surface area contributed by atoms with Gasteiger partial charge < -0.3 is 9.30 Å². The van der Waals surface area contributed by atoms with Crippen LogP contribution in [0, 0.1) is 17.8 Å². The molecule has 1 heterocycles. The van der Waals surface area contributed by atoms with Gasteiger partial charge in [-0.1, -0.05) is 43.2 Å². The molecule has 5 heteroatoms. The van der Waals surface area contributed by atoms with E-state index in [1.165, 1.54) is 10.9 Å². The van der Waals surface area contributed by atoms with E-state index in [-0.39, 0.29) is 11.7 Å². The minimum atomic E-state index is -0.836. The molecule has 0 saturated heterocycles. The lowest BCUT2D eigenvalue weighted by molar-refractivity contribution is 0.0384. The summed E-state index contributed by atoms with van der Waals surface area (Å²) in [7, 11) is 0. The van der Waals surface area contributed by atoms with E-state index in [0.717, 1.165) is 5.56 Å². The van der Waals surface area contributed by atoms with Crippen molar-refractivity contribution in [2.45, 2.75) is 39.3 Å². The average molecular weight is 314 g/mol. The van der Waals surface area contributed by atoms with Crippen LogP contribution in [0.4, 0.5) is 4.39 Å². The molecule has 0 spiro atoms. The predicted octanol–water partition coefficient (Wildman–Crippen LogP) is 3.59. The smallest absolute Gasteiger partial charge is 0.361 e.